The topological polar surface area (TPSA) is 86.7 Å². The van der Waals surface area contributed by atoms with E-state index in [2.05, 4.69) is 5.32 Å². The van der Waals surface area contributed by atoms with Crippen molar-refractivity contribution in [1.82, 2.24) is 4.90 Å². The largest absolute Gasteiger partial charge is 0.480 e. The van der Waals surface area contributed by atoms with Crippen molar-refractivity contribution in [2.24, 2.45) is 5.92 Å². The number of nitrogens with zero attached hydrogens (tertiary/aromatic N) is 1. The first-order chi connectivity index (χ1) is 18.3. The molecule has 1 saturated heterocycles. The highest BCUT2D eigenvalue weighted by molar-refractivity contribution is 7.10. The summed E-state index contributed by atoms with van der Waals surface area (Å²) in [5.41, 5.74) is 2.60. The molecular formula is C30H25ClN2O4S. The van der Waals surface area contributed by atoms with E-state index in [9.17, 15) is 19.5 Å². The number of amides is 2. The number of benzene rings is 3. The molecule has 2 N–H and O–H groups in total. The average molecular weight is 545 g/mol. The summed E-state index contributed by atoms with van der Waals surface area (Å²) in [6.45, 7) is 1.94. The number of hydrogen-bond donors (Lipinski definition) is 2. The van der Waals surface area contributed by atoms with E-state index in [-0.39, 0.29) is 5.78 Å². The number of nitrogens with one attached hydrogen (secondary N) is 1. The molecule has 1 fully saturated rings. The van der Waals surface area contributed by atoms with Crippen LogP contribution in [0.1, 0.15) is 38.3 Å². The Labute approximate surface area is 229 Å². The lowest BCUT2D eigenvalue weighted by Gasteiger charge is -2.30. The molecule has 38 heavy (non-hydrogen) atoms. The molecule has 1 aliphatic rings. The zero-order valence-corrected chi connectivity index (χ0v) is 22.0. The van der Waals surface area contributed by atoms with Crippen LogP contribution in [0.3, 0.4) is 0 Å². The van der Waals surface area contributed by atoms with Crippen LogP contribution in [-0.2, 0) is 4.79 Å². The summed E-state index contributed by atoms with van der Waals surface area (Å²) in [6.07, 6.45) is 0. The number of hydrogen-bond acceptors (Lipinski definition) is 4. The van der Waals surface area contributed by atoms with E-state index in [0.717, 1.165) is 10.4 Å². The van der Waals surface area contributed by atoms with Gasteiger partial charge in [0, 0.05) is 27.1 Å². The number of likely N-dealkylation sites (tertiary alicyclic amines) is 1. The van der Waals surface area contributed by atoms with Crippen LogP contribution in [0.25, 0.3) is 0 Å². The standard InChI is InChI=1S/C30H25ClN2O4S/c1-18-12-14-20(15-13-18)28(34)25-24(23-11-6-16-38-23)27(29(35)36)33(26(25)19-7-3-2-4-8-19)30(37)32-22-10-5-9-21(31)17-22/h2-17,24-27H,1H3,(H,32,37)(H,35,36). The molecule has 0 bridgehead atoms. The van der Waals surface area contributed by atoms with Gasteiger partial charge >= 0.3 is 12.0 Å². The van der Waals surface area contributed by atoms with Crippen LogP contribution in [-0.4, -0.2) is 33.8 Å². The Bertz CT molecular complexity index is 1460. The van der Waals surface area contributed by atoms with Crippen molar-refractivity contribution in [1.29, 1.82) is 0 Å². The number of carbonyl (C=O) groups is 3. The Morgan fingerprint density at radius 3 is 2.29 bits per heavy atom. The first-order valence-corrected chi connectivity index (χ1v) is 13.4. The van der Waals surface area contributed by atoms with E-state index >= 15 is 0 Å². The number of aryl methyl sites for hydroxylation is 1. The van der Waals surface area contributed by atoms with Gasteiger partial charge in [-0.25, -0.2) is 9.59 Å². The predicted octanol–water partition coefficient (Wildman–Crippen LogP) is 7.03. The smallest absolute Gasteiger partial charge is 0.327 e. The van der Waals surface area contributed by atoms with E-state index in [0.29, 0.717) is 21.8 Å². The number of urea groups is 1. The third-order valence-corrected chi connectivity index (χ3v) is 8.09. The number of carboxylic acid groups (broad SMARTS) is 1. The average Bonchev–Trinajstić information content (AvgIpc) is 3.55. The fourth-order valence-electron chi connectivity index (χ4n) is 5.24. The summed E-state index contributed by atoms with van der Waals surface area (Å²) in [6, 6.07) is 24.0. The Morgan fingerprint density at radius 2 is 1.66 bits per heavy atom. The Morgan fingerprint density at radius 1 is 0.921 bits per heavy atom. The number of carbonyl (C=O) groups excluding carboxylic acids is 2. The Kier molecular flexibility index (Phi) is 7.31. The number of aliphatic carboxylic acids is 1. The molecule has 4 aromatic rings. The highest BCUT2D eigenvalue weighted by Crippen LogP contribution is 2.52. The lowest BCUT2D eigenvalue weighted by Crippen LogP contribution is -2.45. The third-order valence-electron chi connectivity index (χ3n) is 6.88. The minimum atomic E-state index is -1.28. The molecule has 1 aromatic heterocycles. The summed E-state index contributed by atoms with van der Waals surface area (Å²) in [5, 5.41) is 15.6. The maximum Gasteiger partial charge on any atom is 0.327 e. The van der Waals surface area contributed by atoms with Crippen molar-refractivity contribution in [2.75, 3.05) is 5.32 Å². The fourth-order valence-corrected chi connectivity index (χ4v) is 6.33. The molecule has 3 aromatic carbocycles. The molecular weight excluding hydrogens is 520 g/mol. The minimum absolute atomic E-state index is 0.207. The van der Waals surface area contributed by atoms with E-state index in [1.165, 1.54) is 16.2 Å². The highest BCUT2D eigenvalue weighted by atomic mass is 35.5. The molecule has 2 heterocycles. The monoisotopic (exact) mass is 544 g/mol. The molecule has 2 amide bonds. The van der Waals surface area contributed by atoms with Crippen molar-refractivity contribution < 1.29 is 19.5 Å². The van der Waals surface area contributed by atoms with Gasteiger partial charge in [-0.15, -0.1) is 11.3 Å². The number of Topliss-reactive ketones (excluding diaryl/α,β-unsaturated/α-hetero) is 1. The maximum atomic E-state index is 14.2. The van der Waals surface area contributed by atoms with E-state index < -0.39 is 35.9 Å². The van der Waals surface area contributed by atoms with Crippen LogP contribution in [0.4, 0.5) is 10.5 Å². The maximum absolute atomic E-state index is 14.2. The van der Waals surface area contributed by atoms with Crippen molar-refractivity contribution in [3.63, 3.8) is 0 Å². The van der Waals surface area contributed by atoms with Crippen LogP contribution in [0.5, 0.6) is 0 Å². The molecule has 0 saturated carbocycles. The van der Waals surface area contributed by atoms with Gasteiger partial charge in [0.2, 0.25) is 0 Å². The molecule has 0 radical (unpaired) electrons. The minimum Gasteiger partial charge on any atom is -0.480 e. The second-order valence-electron chi connectivity index (χ2n) is 9.28. The number of carboxylic acids is 1. The highest BCUT2D eigenvalue weighted by Gasteiger charge is 2.58. The number of halogens is 1. The molecule has 5 rings (SSSR count). The van der Waals surface area contributed by atoms with Crippen molar-refractivity contribution in [2.45, 2.75) is 24.9 Å². The van der Waals surface area contributed by atoms with Gasteiger partial charge in [-0.05, 0) is 42.1 Å². The predicted molar refractivity (Wildman–Crippen MR) is 149 cm³/mol. The molecule has 0 spiro atoms. The van der Waals surface area contributed by atoms with Crippen molar-refractivity contribution >= 4 is 46.4 Å². The first-order valence-electron chi connectivity index (χ1n) is 12.1. The van der Waals surface area contributed by atoms with Gasteiger partial charge in [0.05, 0.1) is 12.0 Å². The second-order valence-corrected chi connectivity index (χ2v) is 10.7. The molecule has 0 aliphatic carbocycles. The van der Waals surface area contributed by atoms with Gasteiger partial charge in [-0.1, -0.05) is 83.9 Å². The number of ketones is 1. The summed E-state index contributed by atoms with van der Waals surface area (Å²) in [7, 11) is 0. The lowest BCUT2D eigenvalue weighted by atomic mass is 9.78. The SMILES string of the molecule is Cc1ccc(C(=O)C2C(c3cccs3)C(C(=O)O)N(C(=O)Nc3cccc(Cl)c3)C2c2ccccc2)cc1. The van der Waals surface area contributed by atoms with Crippen LogP contribution in [0.15, 0.2) is 96.4 Å². The number of anilines is 1. The molecule has 4 atom stereocenters. The fraction of sp³-hybridized carbons (Fsp3) is 0.167. The molecule has 1 aliphatic heterocycles. The van der Waals surface area contributed by atoms with E-state index in [4.69, 9.17) is 11.6 Å². The summed E-state index contributed by atoms with van der Waals surface area (Å²) < 4.78 is 0. The van der Waals surface area contributed by atoms with Gasteiger partial charge in [0.1, 0.15) is 6.04 Å². The molecule has 6 nitrogen and oxygen atoms in total. The van der Waals surface area contributed by atoms with Crippen LogP contribution < -0.4 is 5.32 Å². The van der Waals surface area contributed by atoms with E-state index in [1.54, 1.807) is 36.4 Å². The van der Waals surface area contributed by atoms with Gasteiger partial charge in [0.25, 0.3) is 0 Å². The first kappa shape index (κ1) is 25.7. The van der Waals surface area contributed by atoms with Crippen LogP contribution >= 0.6 is 22.9 Å². The Hall–Kier alpha value is -3.94. The zero-order valence-electron chi connectivity index (χ0n) is 20.5. The van der Waals surface area contributed by atoms with Crippen molar-refractivity contribution in [3.05, 3.63) is 123 Å². The second kappa shape index (κ2) is 10.8. The number of rotatable bonds is 6. The summed E-state index contributed by atoms with van der Waals surface area (Å²) >= 11 is 7.51. The summed E-state index contributed by atoms with van der Waals surface area (Å²) in [4.78, 5) is 43.1. The zero-order chi connectivity index (χ0) is 26.8. The number of thiophene rings is 1. The lowest BCUT2D eigenvalue weighted by molar-refractivity contribution is -0.142. The Balaban J connectivity index is 1.68. The van der Waals surface area contributed by atoms with E-state index in [1.807, 2.05) is 66.9 Å². The molecule has 4 unspecified atom stereocenters. The molecule has 192 valence electrons. The summed E-state index contributed by atoms with van der Waals surface area (Å²) in [5.74, 6) is -2.96. The third kappa shape index (κ3) is 4.95. The van der Waals surface area contributed by atoms with Gasteiger partial charge in [-0.2, -0.15) is 0 Å². The van der Waals surface area contributed by atoms with Gasteiger partial charge in [0.15, 0.2) is 5.78 Å². The van der Waals surface area contributed by atoms with Gasteiger partial charge < -0.3 is 15.3 Å². The van der Waals surface area contributed by atoms with Gasteiger partial charge in [-0.3, -0.25) is 4.79 Å². The quantitative estimate of drug-likeness (QED) is 0.255. The van der Waals surface area contributed by atoms with Crippen LogP contribution in [0, 0.1) is 12.8 Å². The van der Waals surface area contributed by atoms with Crippen LogP contribution in [0.2, 0.25) is 5.02 Å². The molecule has 8 heteroatoms. The normalized spacial score (nSPS) is 20.7. The van der Waals surface area contributed by atoms with Crippen molar-refractivity contribution in [3.8, 4) is 0 Å².